The number of nitrogens with zero attached hydrogens (tertiary/aromatic N) is 1. The van der Waals surface area contributed by atoms with Gasteiger partial charge < -0.3 is 10.2 Å². The molecule has 1 heterocycles. The van der Waals surface area contributed by atoms with Gasteiger partial charge in [-0.15, -0.1) is 0 Å². The van der Waals surface area contributed by atoms with Gasteiger partial charge in [0.25, 0.3) is 0 Å². The molecule has 1 aromatic heterocycles. The molecule has 2 rings (SSSR count). The van der Waals surface area contributed by atoms with E-state index in [1.807, 2.05) is 0 Å². The fourth-order valence-electron chi connectivity index (χ4n) is 1.40. The minimum atomic E-state index is -0.451. The number of nitrogens with two attached hydrogens (primary N) is 1. The van der Waals surface area contributed by atoms with Gasteiger partial charge in [-0.05, 0) is 30.3 Å². The predicted molar refractivity (Wildman–Crippen MR) is 75.5 cm³/mol. The second kappa shape index (κ2) is 6.18. The standard InChI is InChI=1S/C12H10BrClFN3O/c13-7-1-3-9(15)11(5-7)19-6-10-8(14)2-4-12(17-10)18-16/h1-5H,6,16H2,(H,17,18). The highest BCUT2D eigenvalue weighted by Crippen LogP contribution is 2.24. The van der Waals surface area contributed by atoms with Crippen LogP contribution in [0.15, 0.2) is 34.8 Å². The second-order valence-electron chi connectivity index (χ2n) is 3.63. The first-order chi connectivity index (χ1) is 9.10. The first-order valence-corrected chi connectivity index (χ1v) is 6.47. The van der Waals surface area contributed by atoms with Crippen LogP contribution in [-0.2, 0) is 6.61 Å². The number of ether oxygens (including phenoxy) is 1. The van der Waals surface area contributed by atoms with Crippen molar-refractivity contribution < 1.29 is 9.13 Å². The summed E-state index contributed by atoms with van der Waals surface area (Å²) >= 11 is 9.22. The van der Waals surface area contributed by atoms with Crippen molar-refractivity contribution in [1.82, 2.24) is 4.98 Å². The Morgan fingerprint density at radius 3 is 2.89 bits per heavy atom. The van der Waals surface area contributed by atoms with Gasteiger partial charge in [0.05, 0.1) is 10.7 Å². The lowest BCUT2D eigenvalue weighted by atomic mass is 10.3. The molecule has 2 aromatic rings. The third-order valence-corrected chi connectivity index (χ3v) is 3.16. The van der Waals surface area contributed by atoms with E-state index in [4.69, 9.17) is 22.2 Å². The van der Waals surface area contributed by atoms with Gasteiger partial charge in [-0.1, -0.05) is 27.5 Å². The zero-order chi connectivity index (χ0) is 13.8. The molecular formula is C12H10BrClFN3O. The highest BCUT2D eigenvalue weighted by atomic mass is 79.9. The number of pyridine rings is 1. The number of nitrogen functional groups attached to an aromatic ring is 1. The monoisotopic (exact) mass is 345 g/mol. The summed E-state index contributed by atoms with van der Waals surface area (Å²) in [6.45, 7) is 0.0434. The van der Waals surface area contributed by atoms with E-state index in [0.29, 0.717) is 16.5 Å². The van der Waals surface area contributed by atoms with E-state index in [1.54, 1.807) is 18.2 Å². The average Bonchev–Trinajstić information content (AvgIpc) is 2.41. The van der Waals surface area contributed by atoms with Crippen LogP contribution in [0.1, 0.15) is 5.69 Å². The molecule has 0 fully saturated rings. The summed E-state index contributed by atoms with van der Waals surface area (Å²) in [5, 5.41) is 0.425. The van der Waals surface area contributed by atoms with Crippen LogP contribution in [0.2, 0.25) is 5.02 Å². The topological polar surface area (TPSA) is 60.2 Å². The molecule has 0 aliphatic heterocycles. The first kappa shape index (κ1) is 14.0. The number of aromatic nitrogens is 1. The highest BCUT2D eigenvalue weighted by Gasteiger charge is 2.08. The molecule has 0 unspecified atom stereocenters. The lowest BCUT2D eigenvalue weighted by Crippen LogP contribution is -2.10. The SMILES string of the molecule is NNc1ccc(Cl)c(COc2cc(Br)ccc2F)n1. The van der Waals surface area contributed by atoms with E-state index in [-0.39, 0.29) is 12.4 Å². The van der Waals surface area contributed by atoms with E-state index in [2.05, 4.69) is 26.3 Å². The summed E-state index contributed by atoms with van der Waals surface area (Å²) in [5.74, 6) is 5.39. The van der Waals surface area contributed by atoms with E-state index >= 15 is 0 Å². The van der Waals surface area contributed by atoms with Gasteiger partial charge in [0, 0.05) is 4.47 Å². The van der Waals surface area contributed by atoms with Gasteiger partial charge in [-0.2, -0.15) is 0 Å². The maximum absolute atomic E-state index is 13.5. The summed E-state index contributed by atoms with van der Waals surface area (Å²) in [6.07, 6.45) is 0. The van der Waals surface area contributed by atoms with Crippen molar-refractivity contribution in [3.8, 4) is 5.75 Å². The van der Waals surface area contributed by atoms with Gasteiger partial charge in [-0.25, -0.2) is 15.2 Å². The largest absolute Gasteiger partial charge is 0.484 e. The molecule has 0 saturated heterocycles. The molecule has 0 radical (unpaired) electrons. The van der Waals surface area contributed by atoms with Crippen molar-refractivity contribution in [3.63, 3.8) is 0 Å². The van der Waals surface area contributed by atoms with Crippen LogP contribution >= 0.6 is 27.5 Å². The fourth-order valence-corrected chi connectivity index (χ4v) is 1.90. The Kier molecular flexibility index (Phi) is 4.57. The third kappa shape index (κ3) is 3.56. The number of hydrogen-bond acceptors (Lipinski definition) is 4. The molecule has 0 aliphatic rings. The Balaban J connectivity index is 2.16. The van der Waals surface area contributed by atoms with Crippen LogP contribution in [0.5, 0.6) is 5.75 Å². The van der Waals surface area contributed by atoms with Crippen molar-refractivity contribution in [2.24, 2.45) is 5.84 Å². The van der Waals surface area contributed by atoms with Crippen molar-refractivity contribution in [2.75, 3.05) is 5.43 Å². The predicted octanol–water partition coefficient (Wildman–Crippen LogP) is 3.50. The van der Waals surface area contributed by atoms with Crippen LogP contribution in [-0.4, -0.2) is 4.98 Å². The highest BCUT2D eigenvalue weighted by molar-refractivity contribution is 9.10. The molecule has 7 heteroatoms. The Hall–Kier alpha value is -1.37. The summed E-state index contributed by atoms with van der Waals surface area (Å²) in [4.78, 5) is 4.13. The number of halogens is 3. The number of rotatable bonds is 4. The molecule has 0 spiro atoms. The molecule has 3 N–H and O–H groups in total. The van der Waals surface area contributed by atoms with Crippen molar-refractivity contribution in [2.45, 2.75) is 6.61 Å². The molecule has 4 nitrogen and oxygen atoms in total. The Morgan fingerprint density at radius 2 is 2.16 bits per heavy atom. The van der Waals surface area contributed by atoms with Crippen LogP contribution in [0.4, 0.5) is 10.2 Å². The quantitative estimate of drug-likeness (QED) is 0.657. The van der Waals surface area contributed by atoms with Gasteiger partial charge in [0.15, 0.2) is 11.6 Å². The summed E-state index contributed by atoms with van der Waals surface area (Å²) < 4.78 is 19.6. The Morgan fingerprint density at radius 1 is 1.37 bits per heavy atom. The van der Waals surface area contributed by atoms with E-state index in [9.17, 15) is 4.39 Å². The lowest BCUT2D eigenvalue weighted by molar-refractivity contribution is 0.286. The number of nitrogens with one attached hydrogen (secondary N) is 1. The van der Waals surface area contributed by atoms with Crippen LogP contribution < -0.4 is 16.0 Å². The molecule has 0 atom stereocenters. The second-order valence-corrected chi connectivity index (χ2v) is 4.96. The number of anilines is 1. The van der Waals surface area contributed by atoms with Crippen LogP contribution in [0.3, 0.4) is 0 Å². The minimum Gasteiger partial charge on any atom is -0.484 e. The molecule has 0 amide bonds. The van der Waals surface area contributed by atoms with Crippen LogP contribution in [0.25, 0.3) is 0 Å². The Labute approximate surface area is 122 Å². The molecule has 0 aliphatic carbocycles. The van der Waals surface area contributed by atoms with Crippen molar-refractivity contribution >= 4 is 33.3 Å². The van der Waals surface area contributed by atoms with Crippen molar-refractivity contribution in [3.05, 3.63) is 51.3 Å². The third-order valence-electron chi connectivity index (χ3n) is 2.32. The maximum Gasteiger partial charge on any atom is 0.165 e. The normalized spacial score (nSPS) is 10.3. The van der Waals surface area contributed by atoms with E-state index in [1.165, 1.54) is 12.1 Å². The summed E-state index contributed by atoms with van der Waals surface area (Å²) in [7, 11) is 0. The van der Waals surface area contributed by atoms with Gasteiger partial charge in [0.2, 0.25) is 0 Å². The lowest BCUT2D eigenvalue weighted by Gasteiger charge is -2.09. The van der Waals surface area contributed by atoms with E-state index in [0.717, 1.165) is 4.47 Å². The summed E-state index contributed by atoms with van der Waals surface area (Å²) in [5.41, 5.74) is 2.88. The van der Waals surface area contributed by atoms with Crippen molar-refractivity contribution in [1.29, 1.82) is 0 Å². The molecular weight excluding hydrogens is 337 g/mol. The maximum atomic E-state index is 13.5. The Bertz CT molecular complexity index is 597. The van der Waals surface area contributed by atoms with E-state index < -0.39 is 5.82 Å². The first-order valence-electron chi connectivity index (χ1n) is 5.30. The van der Waals surface area contributed by atoms with Gasteiger partial charge in [-0.3, -0.25) is 0 Å². The van der Waals surface area contributed by atoms with Gasteiger partial charge in [0.1, 0.15) is 12.4 Å². The smallest absolute Gasteiger partial charge is 0.165 e. The zero-order valence-corrected chi connectivity index (χ0v) is 12.0. The minimum absolute atomic E-state index is 0.0434. The molecule has 19 heavy (non-hydrogen) atoms. The number of benzene rings is 1. The number of hydrazine groups is 1. The molecule has 0 saturated carbocycles. The molecule has 0 bridgehead atoms. The average molecular weight is 347 g/mol. The zero-order valence-electron chi connectivity index (χ0n) is 9.66. The number of hydrogen-bond donors (Lipinski definition) is 2. The molecule has 1 aromatic carbocycles. The molecule has 100 valence electrons. The van der Waals surface area contributed by atoms with Crippen LogP contribution in [0, 0.1) is 5.82 Å². The summed E-state index contributed by atoms with van der Waals surface area (Å²) in [6, 6.07) is 7.71. The fraction of sp³-hybridized carbons (Fsp3) is 0.0833. The van der Waals surface area contributed by atoms with Gasteiger partial charge >= 0.3 is 0 Å².